The molecule has 0 fully saturated rings. The number of nitrogens with zero attached hydrogens (tertiary/aromatic N) is 1. The molecule has 2 unspecified atom stereocenters. The predicted octanol–water partition coefficient (Wildman–Crippen LogP) is 7.74. The number of carbonyl (C=O) groups excluding carboxylic acids is 1. The van der Waals surface area contributed by atoms with E-state index in [2.05, 4.69) is 36.6 Å². The molecule has 3 aromatic rings. The lowest BCUT2D eigenvalue weighted by Crippen LogP contribution is -2.24. The van der Waals surface area contributed by atoms with Gasteiger partial charge in [0.25, 0.3) is 0 Å². The van der Waals surface area contributed by atoms with Crippen molar-refractivity contribution in [1.29, 1.82) is 0 Å². The minimum atomic E-state index is -4.40. The first-order valence-electron chi connectivity index (χ1n) is 12.7. The summed E-state index contributed by atoms with van der Waals surface area (Å²) in [5, 5.41) is 1.11. The first kappa shape index (κ1) is 26.3. The van der Waals surface area contributed by atoms with E-state index < -0.39 is 17.8 Å². The van der Waals surface area contributed by atoms with E-state index in [1.807, 2.05) is 6.92 Å². The van der Waals surface area contributed by atoms with Gasteiger partial charge in [-0.3, -0.25) is 4.79 Å². The van der Waals surface area contributed by atoms with Crippen molar-refractivity contribution in [1.82, 2.24) is 4.57 Å². The van der Waals surface area contributed by atoms with Crippen molar-refractivity contribution in [2.75, 3.05) is 13.7 Å². The third-order valence-electron chi connectivity index (χ3n) is 7.03. The van der Waals surface area contributed by atoms with E-state index in [9.17, 15) is 18.0 Å². The zero-order valence-electron chi connectivity index (χ0n) is 21.3. The zero-order valence-corrected chi connectivity index (χ0v) is 21.3. The molecule has 0 radical (unpaired) electrons. The third kappa shape index (κ3) is 5.17. The van der Waals surface area contributed by atoms with Crippen LogP contribution in [0.4, 0.5) is 13.2 Å². The van der Waals surface area contributed by atoms with Crippen molar-refractivity contribution in [2.45, 2.75) is 77.1 Å². The van der Waals surface area contributed by atoms with Crippen LogP contribution in [0, 0.1) is 0 Å². The number of benzene rings is 2. The highest BCUT2D eigenvalue weighted by Crippen LogP contribution is 2.43. The van der Waals surface area contributed by atoms with Gasteiger partial charge in [-0.05, 0) is 72.6 Å². The van der Waals surface area contributed by atoms with Crippen LogP contribution in [0.25, 0.3) is 10.9 Å². The van der Waals surface area contributed by atoms with Gasteiger partial charge in [0.2, 0.25) is 0 Å². The smallest absolute Gasteiger partial charge is 0.416 e. The van der Waals surface area contributed by atoms with Crippen LogP contribution >= 0.6 is 0 Å². The summed E-state index contributed by atoms with van der Waals surface area (Å²) < 4.78 is 53.4. The van der Waals surface area contributed by atoms with Gasteiger partial charge in [-0.15, -0.1) is 0 Å². The lowest BCUT2D eigenvalue weighted by atomic mass is 9.91. The number of hydrogen-bond donors (Lipinski definition) is 0. The van der Waals surface area contributed by atoms with Crippen LogP contribution in [-0.2, 0) is 26.9 Å². The maximum atomic E-state index is 13.2. The molecule has 0 saturated carbocycles. The number of esters is 1. The van der Waals surface area contributed by atoms with Gasteiger partial charge in [0.15, 0.2) is 0 Å². The second-order valence-electron chi connectivity index (χ2n) is 9.88. The summed E-state index contributed by atoms with van der Waals surface area (Å²) in [6.07, 6.45) is -1.28. The molecular formula is C29H34F3NO3. The zero-order chi connectivity index (χ0) is 26.0. The number of aromatic nitrogens is 1. The van der Waals surface area contributed by atoms with Crippen LogP contribution in [0.1, 0.15) is 92.5 Å². The monoisotopic (exact) mass is 501 g/mol. The second kappa shape index (κ2) is 10.7. The van der Waals surface area contributed by atoms with Crippen LogP contribution in [0.5, 0.6) is 0 Å². The summed E-state index contributed by atoms with van der Waals surface area (Å²) in [6, 6.07) is 11.3. The lowest BCUT2D eigenvalue weighted by molar-refractivity contribution is -0.150. The van der Waals surface area contributed by atoms with Gasteiger partial charge in [0, 0.05) is 24.4 Å². The summed E-state index contributed by atoms with van der Waals surface area (Å²) >= 11 is 0. The maximum Gasteiger partial charge on any atom is 0.416 e. The van der Waals surface area contributed by atoms with E-state index in [0.29, 0.717) is 30.7 Å². The number of rotatable bonds is 8. The highest BCUT2D eigenvalue weighted by Gasteiger charge is 2.34. The maximum absolute atomic E-state index is 13.2. The van der Waals surface area contributed by atoms with E-state index in [1.165, 1.54) is 17.7 Å². The number of hydrogen-bond acceptors (Lipinski definition) is 3. The van der Waals surface area contributed by atoms with E-state index in [4.69, 9.17) is 9.47 Å². The molecule has 1 aromatic heterocycles. The Kier molecular flexibility index (Phi) is 7.79. The van der Waals surface area contributed by atoms with Gasteiger partial charge in [0.05, 0.1) is 23.9 Å². The molecular weight excluding hydrogens is 467 g/mol. The molecule has 194 valence electrons. The summed E-state index contributed by atoms with van der Waals surface area (Å²) in [6.45, 7) is 6.51. The van der Waals surface area contributed by atoms with Gasteiger partial charge < -0.3 is 14.0 Å². The molecule has 0 saturated heterocycles. The Morgan fingerprint density at radius 1 is 1.11 bits per heavy atom. The number of carbonyl (C=O) groups is 1. The molecule has 0 spiro atoms. The minimum absolute atomic E-state index is 0.229. The number of halogens is 3. The number of ether oxygens (including phenoxy) is 2. The standard InChI is InChI=1S/C29H34F3NO3/c1-5-7-27(34)36-26-9-6-8-22-23-16-20(18(2)3)12-15-24(23)33(28(22)26)25(17-35-4)19-10-13-21(14-11-19)29(30,31)32/h10-16,18,25-26H,5-9,17H2,1-4H3. The Hall–Kier alpha value is -2.80. The molecule has 7 heteroatoms. The first-order valence-corrected chi connectivity index (χ1v) is 12.7. The molecule has 36 heavy (non-hydrogen) atoms. The topological polar surface area (TPSA) is 40.5 Å². The summed E-state index contributed by atoms with van der Waals surface area (Å²) in [5.41, 5.74) is 4.30. The van der Waals surface area contributed by atoms with Crippen molar-refractivity contribution in [3.63, 3.8) is 0 Å². The fourth-order valence-electron chi connectivity index (χ4n) is 5.24. The van der Waals surface area contributed by atoms with Gasteiger partial charge in [-0.2, -0.15) is 13.2 Å². The van der Waals surface area contributed by atoms with E-state index in [1.54, 1.807) is 7.11 Å². The molecule has 0 bridgehead atoms. The lowest BCUT2D eigenvalue weighted by Gasteiger charge is -2.29. The normalized spacial score (nSPS) is 16.8. The van der Waals surface area contributed by atoms with Gasteiger partial charge in [-0.25, -0.2) is 0 Å². The highest BCUT2D eigenvalue weighted by molar-refractivity contribution is 5.87. The number of alkyl halides is 3. The molecule has 2 aromatic carbocycles. The molecule has 1 aliphatic carbocycles. The Labute approximate surface area is 210 Å². The number of fused-ring (bicyclic) bond motifs is 3. The SMILES string of the molecule is CCCC(=O)OC1CCCc2c1n(C(COC)c1ccc(C(F)(F)F)cc1)c1ccc(C(C)C)cc21. The van der Waals surface area contributed by atoms with Crippen LogP contribution in [0.3, 0.4) is 0 Å². The van der Waals surface area contributed by atoms with Crippen LogP contribution < -0.4 is 0 Å². The molecule has 0 amide bonds. The van der Waals surface area contributed by atoms with Crippen molar-refractivity contribution in [2.24, 2.45) is 0 Å². The highest BCUT2D eigenvalue weighted by atomic mass is 19.4. The number of aryl methyl sites for hydroxylation is 1. The largest absolute Gasteiger partial charge is 0.456 e. The van der Waals surface area contributed by atoms with Gasteiger partial charge in [0.1, 0.15) is 6.10 Å². The fourth-order valence-corrected chi connectivity index (χ4v) is 5.24. The van der Waals surface area contributed by atoms with Crippen molar-refractivity contribution >= 4 is 16.9 Å². The van der Waals surface area contributed by atoms with E-state index in [-0.39, 0.29) is 18.6 Å². The minimum Gasteiger partial charge on any atom is -0.456 e. The quantitative estimate of drug-likeness (QED) is 0.297. The molecule has 1 heterocycles. The van der Waals surface area contributed by atoms with Crippen LogP contribution in [0.15, 0.2) is 42.5 Å². The average Bonchev–Trinajstić information content (AvgIpc) is 3.17. The molecule has 4 nitrogen and oxygen atoms in total. The summed E-state index contributed by atoms with van der Waals surface area (Å²) in [7, 11) is 1.59. The Balaban J connectivity index is 1.92. The van der Waals surface area contributed by atoms with Crippen molar-refractivity contribution < 1.29 is 27.4 Å². The first-order chi connectivity index (χ1) is 17.2. The Bertz CT molecular complexity index is 1210. The molecule has 0 aliphatic heterocycles. The molecule has 0 N–H and O–H groups in total. The molecule has 2 atom stereocenters. The summed E-state index contributed by atoms with van der Waals surface area (Å²) in [5.74, 6) is 0.118. The second-order valence-corrected chi connectivity index (χ2v) is 9.88. The Morgan fingerprint density at radius 2 is 1.81 bits per heavy atom. The average molecular weight is 502 g/mol. The van der Waals surface area contributed by atoms with E-state index >= 15 is 0 Å². The predicted molar refractivity (Wildman–Crippen MR) is 134 cm³/mol. The third-order valence-corrected chi connectivity index (χ3v) is 7.03. The van der Waals surface area contributed by atoms with Crippen LogP contribution in [0.2, 0.25) is 0 Å². The van der Waals surface area contributed by atoms with Crippen molar-refractivity contribution in [3.8, 4) is 0 Å². The molecule has 1 aliphatic rings. The summed E-state index contributed by atoms with van der Waals surface area (Å²) in [4.78, 5) is 12.5. The van der Waals surface area contributed by atoms with E-state index in [0.717, 1.165) is 47.1 Å². The molecule has 4 rings (SSSR count). The van der Waals surface area contributed by atoms with Gasteiger partial charge >= 0.3 is 12.1 Å². The van der Waals surface area contributed by atoms with Gasteiger partial charge in [-0.1, -0.05) is 39.0 Å². The fraction of sp³-hybridized carbons (Fsp3) is 0.483. The van der Waals surface area contributed by atoms with Crippen LogP contribution in [-0.4, -0.2) is 24.3 Å². The Morgan fingerprint density at radius 3 is 2.42 bits per heavy atom. The number of methoxy groups -OCH3 is 1. The van der Waals surface area contributed by atoms with Crippen molar-refractivity contribution in [3.05, 3.63) is 70.4 Å².